The summed E-state index contributed by atoms with van der Waals surface area (Å²) in [4.78, 5) is 20.4. The maximum Gasteiger partial charge on any atom is 0.258 e. The fourth-order valence-electron chi connectivity index (χ4n) is 4.93. The number of amides is 1. The Morgan fingerprint density at radius 1 is 1.05 bits per heavy atom. The van der Waals surface area contributed by atoms with Gasteiger partial charge in [-0.25, -0.2) is 9.07 Å². The van der Waals surface area contributed by atoms with Crippen molar-refractivity contribution in [2.75, 3.05) is 38.2 Å². The first kappa shape index (κ1) is 26.7. The Balaban J connectivity index is 1.76. The van der Waals surface area contributed by atoms with E-state index in [1.54, 1.807) is 25.3 Å². The lowest BCUT2D eigenvalue weighted by molar-refractivity contribution is 0.0687. The summed E-state index contributed by atoms with van der Waals surface area (Å²) in [6, 6.07) is 14.2. The van der Waals surface area contributed by atoms with Gasteiger partial charge in [-0.05, 0) is 65.0 Å². The zero-order valence-corrected chi connectivity index (χ0v) is 22.7. The van der Waals surface area contributed by atoms with Gasteiger partial charge < -0.3 is 14.5 Å². The Labute approximate surface area is 219 Å². The molecular formula is C29H38FN5O2. The number of para-hydroxylation sites is 1. The van der Waals surface area contributed by atoms with E-state index in [0.29, 0.717) is 29.6 Å². The molecule has 0 saturated carbocycles. The average molecular weight is 508 g/mol. The highest BCUT2D eigenvalue weighted by molar-refractivity contribution is 5.97. The maximum absolute atomic E-state index is 14.2. The number of aromatic nitrogens is 2. The Morgan fingerprint density at radius 3 is 2.38 bits per heavy atom. The Morgan fingerprint density at radius 2 is 1.76 bits per heavy atom. The molecule has 0 spiro atoms. The number of nitrogens with zero attached hydrogens (tertiary/aromatic N) is 5. The highest BCUT2D eigenvalue weighted by Crippen LogP contribution is 2.31. The maximum atomic E-state index is 14.2. The molecule has 1 aliphatic rings. The van der Waals surface area contributed by atoms with Crippen LogP contribution in [0.15, 0.2) is 48.5 Å². The molecule has 0 N–H and O–H groups in total. The Kier molecular flexibility index (Phi) is 8.17. The molecular weight excluding hydrogens is 469 g/mol. The second-order valence-corrected chi connectivity index (χ2v) is 10.1. The van der Waals surface area contributed by atoms with Gasteiger partial charge in [-0.15, -0.1) is 0 Å². The van der Waals surface area contributed by atoms with Gasteiger partial charge in [-0.3, -0.25) is 9.69 Å². The minimum absolute atomic E-state index is 0.0556. The molecule has 1 aliphatic heterocycles. The van der Waals surface area contributed by atoms with Crippen LogP contribution in [-0.4, -0.2) is 70.9 Å². The molecule has 0 aliphatic carbocycles. The molecule has 1 saturated heterocycles. The lowest BCUT2D eigenvalue weighted by Gasteiger charge is -2.39. The van der Waals surface area contributed by atoms with Crippen molar-refractivity contribution < 1.29 is 13.9 Å². The van der Waals surface area contributed by atoms with Gasteiger partial charge in [-0.1, -0.05) is 18.2 Å². The second-order valence-electron chi connectivity index (χ2n) is 10.1. The summed E-state index contributed by atoms with van der Waals surface area (Å²) in [7, 11) is 1.58. The third-order valence-corrected chi connectivity index (χ3v) is 7.10. The quantitative estimate of drug-likeness (QED) is 0.434. The first-order valence-electron chi connectivity index (χ1n) is 13.0. The van der Waals surface area contributed by atoms with E-state index >= 15 is 0 Å². The lowest BCUT2D eigenvalue weighted by Crippen LogP contribution is -2.49. The van der Waals surface area contributed by atoms with Crippen molar-refractivity contribution in [3.8, 4) is 11.4 Å². The number of ether oxygens (including phenoxy) is 1. The third-order valence-electron chi connectivity index (χ3n) is 7.10. The van der Waals surface area contributed by atoms with Gasteiger partial charge in [0.25, 0.3) is 5.91 Å². The van der Waals surface area contributed by atoms with Gasteiger partial charge in [0, 0.05) is 43.8 Å². The van der Waals surface area contributed by atoms with Crippen molar-refractivity contribution in [2.24, 2.45) is 0 Å². The van der Waals surface area contributed by atoms with Crippen LogP contribution < -0.4 is 9.64 Å². The van der Waals surface area contributed by atoms with Crippen LogP contribution in [0.4, 0.5) is 10.2 Å². The van der Waals surface area contributed by atoms with Gasteiger partial charge in [0.05, 0.1) is 30.6 Å². The van der Waals surface area contributed by atoms with Crippen molar-refractivity contribution in [3.05, 3.63) is 71.2 Å². The molecule has 0 atom stereocenters. The van der Waals surface area contributed by atoms with E-state index in [4.69, 9.17) is 9.84 Å². The summed E-state index contributed by atoms with van der Waals surface area (Å²) < 4.78 is 21.5. The molecule has 37 heavy (non-hydrogen) atoms. The SMILES string of the molecule is COc1ccccc1C(=O)N(Cc1c(C)nn(-c2cccc(F)c2)c1N1CCN(C(C)C)CC1)C(C)C. The van der Waals surface area contributed by atoms with Crippen LogP contribution in [-0.2, 0) is 6.54 Å². The number of carbonyl (C=O) groups is 1. The van der Waals surface area contributed by atoms with Crippen molar-refractivity contribution >= 4 is 11.7 Å². The number of hydrogen-bond donors (Lipinski definition) is 0. The van der Waals surface area contributed by atoms with Gasteiger partial charge in [-0.2, -0.15) is 5.10 Å². The summed E-state index contributed by atoms with van der Waals surface area (Å²) in [5.74, 6) is 1.07. The Hall–Kier alpha value is -3.39. The fraction of sp³-hybridized carbons (Fsp3) is 0.448. The summed E-state index contributed by atoms with van der Waals surface area (Å²) in [6.07, 6.45) is 0. The van der Waals surface area contributed by atoms with E-state index in [1.807, 2.05) is 48.6 Å². The highest BCUT2D eigenvalue weighted by atomic mass is 19.1. The highest BCUT2D eigenvalue weighted by Gasteiger charge is 2.30. The number of piperazine rings is 1. The summed E-state index contributed by atoms with van der Waals surface area (Å²) in [5, 5.41) is 4.86. The van der Waals surface area contributed by atoms with Crippen LogP contribution in [0.3, 0.4) is 0 Å². The number of halogens is 1. The number of anilines is 1. The number of methoxy groups -OCH3 is 1. The van der Waals surface area contributed by atoms with E-state index in [9.17, 15) is 9.18 Å². The van der Waals surface area contributed by atoms with E-state index in [1.165, 1.54) is 12.1 Å². The zero-order chi connectivity index (χ0) is 26.7. The van der Waals surface area contributed by atoms with Crippen LogP contribution in [0.5, 0.6) is 5.75 Å². The number of rotatable bonds is 8. The van der Waals surface area contributed by atoms with E-state index in [0.717, 1.165) is 43.3 Å². The summed E-state index contributed by atoms with van der Waals surface area (Å²) >= 11 is 0. The molecule has 198 valence electrons. The van der Waals surface area contributed by atoms with Crippen LogP contribution >= 0.6 is 0 Å². The fourth-order valence-corrected chi connectivity index (χ4v) is 4.93. The molecule has 0 unspecified atom stereocenters. The number of carbonyl (C=O) groups excluding carboxylic acids is 1. The standard InChI is InChI=1S/C29H38FN5O2/c1-20(2)32-14-16-33(17-15-32)28-26(22(5)31-35(28)24-11-9-10-23(30)18-24)19-34(21(3)4)29(36)25-12-7-8-13-27(25)37-6/h7-13,18,20-21H,14-17,19H2,1-6H3. The molecule has 0 bridgehead atoms. The van der Waals surface area contributed by atoms with E-state index < -0.39 is 0 Å². The Bertz CT molecular complexity index is 1230. The number of hydrogen-bond acceptors (Lipinski definition) is 5. The first-order valence-corrected chi connectivity index (χ1v) is 13.0. The van der Waals surface area contributed by atoms with Crippen LogP contribution in [0.1, 0.15) is 49.3 Å². The van der Waals surface area contributed by atoms with Gasteiger partial charge in [0.15, 0.2) is 0 Å². The summed E-state index contributed by atoms with van der Waals surface area (Å²) in [6.45, 7) is 14.3. The van der Waals surface area contributed by atoms with Crippen LogP contribution in [0.25, 0.3) is 5.69 Å². The lowest BCUT2D eigenvalue weighted by atomic mass is 10.1. The molecule has 8 heteroatoms. The molecule has 2 aromatic carbocycles. The van der Waals surface area contributed by atoms with Crippen LogP contribution in [0.2, 0.25) is 0 Å². The first-order chi connectivity index (χ1) is 17.7. The molecule has 7 nitrogen and oxygen atoms in total. The van der Waals surface area contributed by atoms with Crippen molar-refractivity contribution in [1.29, 1.82) is 0 Å². The normalized spacial score (nSPS) is 14.5. The van der Waals surface area contributed by atoms with Crippen LogP contribution in [0, 0.1) is 12.7 Å². The van der Waals surface area contributed by atoms with Crippen molar-refractivity contribution in [1.82, 2.24) is 19.6 Å². The van der Waals surface area contributed by atoms with E-state index in [2.05, 4.69) is 23.6 Å². The van der Waals surface area contributed by atoms with E-state index in [-0.39, 0.29) is 17.8 Å². The molecule has 1 amide bonds. The largest absolute Gasteiger partial charge is 0.496 e. The average Bonchev–Trinajstić information content (AvgIpc) is 3.22. The van der Waals surface area contributed by atoms with Crippen molar-refractivity contribution in [2.45, 2.75) is 53.2 Å². The predicted octanol–water partition coefficient (Wildman–Crippen LogP) is 4.91. The molecule has 1 fully saturated rings. The van der Waals surface area contributed by atoms with Gasteiger partial charge >= 0.3 is 0 Å². The van der Waals surface area contributed by atoms with Gasteiger partial charge in [0.1, 0.15) is 17.4 Å². The monoisotopic (exact) mass is 507 g/mol. The number of benzene rings is 2. The second kappa shape index (κ2) is 11.3. The zero-order valence-electron chi connectivity index (χ0n) is 22.7. The topological polar surface area (TPSA) is 53.8 Å². The molecule has 4 rings (SSSR count). The summed E-state index contributed by atoms with van der Waals surface area (Å²) in [5.41, 5.74) is 2.99. The number of aryl methyl sites for hydroxylation is 1. The van der Waals surface area contributed by atoms with Gasteiger partial charge in [0.2, 0.25) is 0 Å². The molecule has 2 heterocycles. The van der Waals surface area contributed by atoms with Crippen molar-refractivity contribution in [3.63, 3.8) is 0 Å². The molecule has 3 aromatic rings. The molecule has 1 aromatic heterocycles. The smallest absolute Gasteiger partial charge is 0.258 e. The molecule has 0 radical (unpaired) electrons. The predicted molar refractivity (Wildman–Crippen MR) is 145 cm³/mol. The minimum atomic E-state index is -0.307. The minimum Gasteiger partial charge on any atom is -0.496 e. The third kappa shape index (κ3) is 5.64.